The molecule has 0 saturated carbocycles. The number of likely N-dealkylation sites (N-methyl/N-ethyl adjacent to an activating group) is 1. The third-order valence-corrected chi connectivity index (χ3v) is 4.54. The van der Waals surface area contributed by atoms with E-state index in [1.165, 1.54) is 0 Å². The maximum absolute atomic E-state index is 11.7. The van der Waals surface area contributed by atoms with Crippen LogP contribution in [0.1, 0.15) is 5.82 Å². The van der Waals surface area contributed by atoms with Gasteiger partial charge in [0.1, 0.15) is 11.6 Å². The lowest BCUT2D eigenvalue weighted by atomic mass is 9.89. The van der Waals surface area contributed by atoms with Crippen molar-refractivity contribution in [3.63, 3.8) is 0 Å². The van der Waals surface area contributed by atoms with Crippen molar-refractivity contribution in [1.29, 1.82) is 0 Å². The van der Waals surface area contributed by atoms with Crippen molar-refractivity contribution in [2.45, 2.75) is 12.5 Å². The summed E-state index contributed by atoms with van der Waals surface area (Å²) in [6.45, 7) is 4.14. The summed E-state index contributed by atoms with van der Waals surface area (Å²) in [5.74, 6) is 1.64. The van der Waals surface area contributed by atoms with Gasteiger partial charge in [0.05, 0.1) is 17.1 Å². The molecule has 0 aliphatic carbocycles. The number of hydrogen-bond donors (Lipinski definition) is 1. The fraction of sp³-hybridized carbons (Fsp3) is 0.538. The van der Waals surface area contributed by atoms with E-state index in [2.05, 4.69) is 25.3 Å². The number of nitrogens with zero attached hydrogens (tertiary/aromatic N) is 6. The molecule has 0 aromatic carbocycles. The zero-order chi connectivity index (χ0) is 14.8. The molecule has 1 spiro atoms. The van der Waals surface area contributed by atoms with Gasteiger partial charge in [0.2, 0.25) is 0 Å². The predicted molar refractivity (Wildman–Crippen MR) is 77.1 cm³/mol. The number of hydrogen-bond acceptors (Lipinski definition) is 5. The number of aromatic nitrogens is 4. The molecule has 4 heterocycles. The number of rotatable bonds is 1. The van der Waals surface area contributed by atoms with Gasteiger partial charge in [-0.2, -0.15) is 5.10 Å². The zero-order valence-corrected chi connectivity index (χ0v) is 12.3. The van der Waals surface area contributed by atoms with Gasteiger partial charge in [-0.25, -0.2) is 14.8 Å². The van der Waals surface area contributed by atoms with Gasteiger partial charge in [0.25, 0.3) is 0 Å². The molecule has 110 valence electrons. The minimum Gasteiger partial charge on any atom is -0.351 e. The van der Waals surface area contributed by atoms with Gasteiger partial charge in [-0.3, -0.25) is 4.68 Å². The van der Waals surface area contributed by atoms with Crippen LogP contribution >= 0.6 is 0 Å². The van der Waals surface area contributed by atoms with Gasteiger partial charge < -0.3 is 15.1 Å². The van der Waals surface area contributed by atoms with Crippen LogP contribution in [0.5, 0.6) is 0 Å². The van der Waals surface area contributed by atoms with Crippen LogP contribution in [0.2, 0.25) is 0 Å². The van der Waals surface area contributed by atoms with Gasteiger partial charge in [0, 0.05) is 33.7 Å². The number of carbonyl (C=O) groups is 1. The molecular formula is C13H17N7O. The molecule has 0 radical (unpaired) electrons. The molecular weight excluding hydrogens is 270 g/mol. The molecule has 0 atom stereocenters. The molecule has 0 bridgehead atoms. The Bertz CT molecular complexity index is 746. The molecule has 4 rings (SSSR count). The zero-order valence-electron chi connectivity index (χ0n) is 12.3. The summed E-state index contributed by atoms with van der Waals surface area (Å²) in [6, 6.07) is 0.0000396. The van der Waals surface area contributed by atoms with Crippen LogP contribution in [0.15, 0.2) is 6.20 Å². The molecule has 2 aliphatic heterocycles. The van der Waals surface area contributed by atoms with E-state index in [1.54, 1.807) is 15.8 Å². The second kappa shape index (κ2) is 3.84. The van der Waals surface area contributed by atoms with E-state index in [9.17, 15) is 4.79 Å². The molecule has 2 aromatic heterocycles. The van der Waals surface area contributed by atoms with Crippen LogP contribution in [0.3, 0.4) is 0 Å². The Morgan fingerprint density at radius 3 is 2.71 bits per heavy atom. The van der Waals surface area contributed by atoms with Gasteiger partial charge in [0.15, 0.2) is 5.65 Å². The molecule has 8 nitrogen and oxygen atoms in total. The maximum atomic E-state index is 11.7. The van der Waals surface area contributed by atoms with Crippen LogP contribution in [-0.4, -0.2) is 62.9 Å². The minimum absolute atomic E-state index is 0.0000396. The van der Waals surface area contributed by atoms with Crippen molar-refractivity contribution in [1.82, 2.24) is 30.0 Å². The largest absolute Gasteiger partial charge is 0.351 e. The van der Waals surface area contributed by atoms with Crippen molar-refractivity contribution in [2.24, 2.45) is 7.05 Å². The van der Waals surface area contributed by atoms with E-state index < -0.39 is 0 Å². The molecule has 8 heteroatoms. The first kappa shape index (κ1) is 12.4. The Kier molecular flexibility index (Phi) is 2.26. The maximum Gasteiger partial charge on any atom is 0.317 e. The number of fused-ring (bicyclic) bond motifs is 1. The minimum atomic E-state index is -0.107. The average molecular weight is 287 g/mol. The van der Waals surface area contributed by atoms with Gasteiger partial charge in [-0.15, -0.1) is 0 Å². The fourth-order valence-corrected chi connectivity index (χ4v) is 3.18. The lowest BCUT2D eigenvalue weighted by Crippen LogP contribution is -2.69. The number of anilines is 1. The van der Waals surface area contributed by atoms with E-state index in [1.807, 2.05) is 21.0 Å². The van der Waals surface area contributed by atoms with Gasteiger partial charge in [-0.05, 0) is 6.92 Å². The van der Waals surface area contributed by atoms with Crippen molar-refractivity contribution < 1.29 is 4.79 Å². The molecule has 2 saturated heterocycles. The molecule has 2 aliphatic rings. The Hall–Kier alpha value is -2.38. The summed E-state index contributed by atoms with van der Waals surface area (Å²) in [6.07, 6.45) is 1.80. The molecule has 2 aromatic rings. The van der Waals surface area contributed by atoms with Crippen LogP contribution < -0.4 is 10.2 Å². The first-order valence-corrected chi connectivity index (χ1v) is 6.93. The predicted octanol–water partition coefficient (Wildman–Crippen LogP) is -0.114. The van der Waals surface area contributed by atoms with Crippen LogP contribution in [0.4, 0.5) is 10.6 Å². The lowest BCUT2D eigenvalue weighted by molar-refractivity contribution is 0.151. The van der Waals surface area contributed by atoms with E-state index >= 15 is 0 Å². The average Bonchev–Trinajstić information content (AvgIpc) is 2.91. The van der Waals surface area contributed by atoms with Crippen molar-refractivity contribution in [3.8, 4) is 0 Å². The van der Waals surface area contributed by atoms with E-state index in [-0.39, 0.29) is 11.6 Å². The third-order valence-electron chi connectivity index (χ3n) is 4.54. The third kappa shape index (κ3) is 1.55. The first-order valence-electron chi connectivity index (χ1n) is 6.93. The standard InChI is InChI=1S/C13H17N7O/c1-8-16-10-9(4-15-19(10)3)11(17-8)20-6-13(7-20)5-14-12(21)18(13)2/h4H,5-7H2,1-3H3,(H,14,21). The fourth-order valence-electron chi connectivity index (χ4n) is 3.18. The number of urea groups is 1. The quantitative estimate of drug-likeness (QED) is 0.791. The molecule has 2 amide bonds. The summed E-state index contributed by atoms with van der Waals surface area (Å²) in [5.41, 5.74) is 0.734. The topological polar surface area (TPSA) is 79.2 Å². The van der Waals surface area contributed by atoms with E-state index in [0.717, 1.165) is 35.8 Å². The van der Waals surface area contributed by atoms with Crippen LogP contribution in [0, 0.1) is 6.92 Å². The molecule has 0 unspecified atom stereocenters. The van der Waals surface area contributed by atoms with Crippen LogP contribution in [0.25, 0.3) is 11.0 Å². The normalized spacial score (nSPS) is 20.2. The first-order chi connectivity index (χ1) is 10.00. The highest BCUT2D eigenvalue weighted by atomic mass is 16.2. The Labute approximate surface area is 121 Å². The molecule has 1 N–H and O–H groups in total. The Balaban J connectivity index is 1.69. The summed E-state index contributed by atoms with van der Waals surface area (Å²) in [7, 11) is 3.73. The smallest absolute Gasteiger partial charge is 0.317 e. The summed E-state index contributed by atoms with van der Waals surface area (Å²) in [5, 5.41) is 8.12. The van der Waals surface area contributed by atoms with Crippen molar-refractivity contribution in [3.05, 3.63) is 12.0 Å². The van der Waals surface area contributed by atoms with Gasteiger partial charge >= 0.3 is 6.03 Å². The Morgan fingerprint density at radius 2 is 2.05 bits per heavy atom. The monoisotopic (exact) mass is 287 g/mol. The van der Waals surface area contributed by atoms with Gasteiger partial charge in [-0.1, -0.05) is 0 Å². The molecule has 21 heavy (non-hydrogen) atoms. The van der Waals surface area contributed by atoms with Crippen molar-refractivity contribution in [2.75, 3.05) is 31.6 Å². The Morgan fingerprint density at radius 1 is 1.29 bits per heavy atom. The number of amides is 2. The summed E-state index contributed by atoms with van der Waals surface area (Å²) in [4.78, 5) is 24.7. The second-order valence-corrected chi connectivity index (χ2v) is 5.90. The SMILES string of the molecule is Cc1nc(N2CC3(CNC(=O)N3C)C2)c2cnn(C)c2n1. The van der Waals surface area contributed by atoms with E-state index in [4.69, 9.17) is 0 Å². The second-order valence-electron chi connectivity index (χ2n) is 5.90. The molecule has 2 fully saturated rings. The number of carbonyl (C=O) groups excluding carboxylic acids is 1. The number of aryl methyl sites for hydroxylation is 2. The van der Waals surface area contributed by atoms with Crippen molar-refractivity contribution >= 4 is 22.9 Å². The van der Waals surface area contributed by atoms with E-state index in [0.29, 0.717) is 6.54 Å². The highest BCUT2D eigenvalue weighted by molar-refractivity contribution is 5.88. The summed E-state index contributed by atoms with van der Waals surface area (Å²) < 4.78 is 1.76. The lowest BCUT2D eigenvalue weighted by Gasteiger charge is -2.51. The number of nitrogens with one attached hydrogen (secondary N) is 1. The highest BCUT2D eigenvalue weighted by Gasteiger charge is 2.52. The summed E-state index contributed by atoms with van der Waals surface area (Å²) >= 11 is 0. The van der Waals surface area contributed by atoms with Crippen LogP contribution in [-0.2, 0) is 7.05 Å². The highest BCUT2D eigenvalue weighted by Crippen LogP contribution is 2.35.